The topological polar surface area (TPSA) is 51.5 Å². The third-order valence-electron chi connectivity index (χ3n) is 4.52. The van der Waals surface area contributed by atoms with E-state index in [1.165, 1.54) is 0 Å². The van der Waals surface area contributed by atoms with E-state index >= 15 is 0 Å². The molecule has 0 bridgehead atoms. The van der Waals surface area contributed by atoms with Crippen LogP contribution in [-0.2, 0) is 11.3 Å². The minimum atomic E-state index is -0.267. The number of ether oxygens (including phenoxy) is 1. The number of nitrogens with zero attached hydrogens (tertiary/aromatic N) is 2. The molecule has 1 saturated heterocycles. The van der Waals surface area contributed by atoms with Crippen molar-refractivity contribution in [1.29, 1.82) is 0 Å². The minimum Gasteiger partial charge on any atom is -0.381 e. The number of fused-ring (bicyclic) bond motifs is 1. The summed E-state index contributed by atoms with van der Waals surface area (Å²) < 4.78 is 7.27. The van der Waals surface area contributed by atoms with E-state index < -0.39 is 0 Å². The van der Waals surface area contributed by atoms with Crippen molar-refractivity contribution in [2.75, 3.05) is 26.8 Å². The minimum absolute atomic E-state index is 0.188. The fraction of sp³-hybridized carbons (Fsp3) is 0.444. The first-order valence-corrected chi connectivity index (χ1v) is 8.55. The second-order valence-electron chi connectivity index (χ2n) is 6.23. The third-order valence-corrected chi connectivity index (χ3v) is 4.75. The molecule has 0 aliphatic carbocycles. The number of carbonyl (C=O) groups is 1. The summed E-state index contributed by atoms with van der Waals surface area (Å²) in [5.41, 5.74) is 0.708. The quantitative estimate of drug-likeness (QED) is 0.853. The Morgan fingerprint density at radius 1 is 1.46 bits per heavy atom. The molecule has 1 amide bonds. The summed E-state index contributed by atoms with van der Waals surface area (Å²) in [5, 5.41) is 0.969. The molecule has 0 N–H and O–H groups in total. The first kappa shape index (κ1) is 17.0. The van der Waals surface area contributed by atoms with E-state index in [0.717, 1.165) is 18.5 Å². The van der Waals surface area contributed by atoms with Crippen molar-refractivity contribution in [3.8, 4) is 0 Å². The van der Waals surface area contributed by atoms with Gasteiger partial charge >= 0.3 is 0 Å². The third kappa shape index (κ3) is 3.19. The highest BCUT2D eigenvalue weighted by Gasteiger charge is 2.23. The molecule has 0 radical (unpaired) electrons. The van der Waals surface area contributed by atoms with Crippen molar-refractivity contribution in [3.05, 3.63) is 45.2 Å². The molecular weight excluding hydrogens is 328 g/mol. The molecule has 0 saturated carbocycles. The van der Waals surface area contributed by atoms with Crippen molar-refractivity contribution < 1.29 is 9.53 Å². The predicted octanol–water partition coefficient (Wildman–Crippen LogP) is 2.78. The molecular formula is C18H21ClN2O3. The van der Waals surface area contributed by atoms with Gasteiger partial charge in [-0.1, -0.05) is 11.6 Å². The monoisotopic (exact) mass is 348 g/mol. The lowest BCUT2D eigenvalue weighted by atomic mass is 10.1. The molecule has 1 fully saturated rings. The van der Waals surface area contributed by atoms with E-state index in [9.17, 15) is 9.59 Å². The summed E-state index contributed by atoms with van der Waals surface area (Å²) in [4.78, 5) is 27.2. The van der Waals surface area contributed by atoms with E-state index in [1.54, 1.807) is 30.3 Å². The van der Waals surface area contributed by atoms with Gasteiger partial charge in [0.25, 0.3) is 5.91 Å². The van der Waals surface area contributed by atoms with Gasteiger partial charge in [-0.15, -0.1) is 0 Å². The van der Waals surface area contributed by atoms with Crippen LogP contribution in [0.3, 0.4) is 0 Å². The van der Waals surface area contributed by atoms with Crippen LogP contribution in [0, 0.1) is 5.92 Å². The van der Waals surface area contributed by atoms with Gasteiger partial charge in [0, 0.05) is 49.3 Å². The van der Waals surface area contributed by atoms with Crippen molar-refractivity contribution >= 4 is 28.4 Å². The molecule has 1 aromatic heterocycles. The maximum Gasteiger partial charge on any atom is 0.259 e. The zero-order valence-electron chi connectivity index (χ0n) is 13.9. The van der Waals surface area contributed by atoms with Gasteiger partial charge in [-0.2, -0.15) is 0 Å². The highest BCUT2D eigenvalue weighted by Crippen LogP contribution is 2.19. The summed E-state index contributed by atoms with van der Waals surface area (Å²) in [6.07, 6.45) is 2.60. The highest BCUT2D eigenvalue weighted by molar-refractivity contribution is 6.31. The number of benzene rings is 1. The standard InChI is InChI=1S/C18H21ClN2O3/c1-3-21-10-15(17(22)14-8-13(19)4-5-16(14)21)18(23)20(2)9-12-6-7-24-11-12/h4-5,8,10,12H,3,6-7,9,11H2,1-2H3/t12-/m1/s1. The van der Waals surface area contributed by atoms with Gasteiger partial charge < -0.3 is 14.2 Å². The van der Waals surface area contributed by atoms with Crippen LogP contribution in [0.25, 0.3) is 10.9 Å². The van der Waals surface area contributed by atoms with Gasteiger partial charge in [0.15, 0.2) is 0 Å². The predicted molar refractivity (Wildman–Crippen MR) is 94.8 cm³/mol. The van der Waals surface area contributed by atoms with Crippen LogP contribution in [-0.4, -0.2) is 42.2 Å². The van der Waals surface area contributed by atoms with Gasteiger partial charge in [-0.25, -0.2) is 0 Å². The number of rotatable bonds is 4. The smallest absolute Gasteiger partial charge is 0.259 e. The summed E-state index contributed by atoms with van der Waals surface area (Å²) in [7, 11) is 1.73. The largest absolute Gasteiger partial charge is 0.381 e. The fourth-order valence-electron chi connectivity index (χ4n) is 3.19. The molecule has 128 valence electrons. The number of carbonyl (C=O) groups excluding carboxylic acids is 1. The Balaban J connectivity index is 2.00. The molecule has 0 spiro atoms. The van der Waals surface area contributed by atoms with Crippen molar-refractivity contribution in [2.24, 2.45) is 5.92 Å². The number of aromatic nitrogens is 1. The Morgan fingerprint density at radius 3 is 2.92 bits per heavy atom. The van der Waals surface area contributed by atoms with Gasteiger partial charge in [-0.05, 0) is 31.5 Å². The number of amides is 1. The molecule has 1 aliphatic rings. The Kier molecular flexibility index (Phi) is 4.92. The Bertz CT molecular complexity index is 825. The summed E-state index contributed by atoms with van der Waals surface area (Å²) >= 11 is 6.04. The number of pyridine rings is 1. The van der Waals surface area contributed by atoms with Crippen LogP contribution >= 0.6 is 11.6 Å². The molecule has 24 heavy (non-hydrogen) atoms. The Labute approximate surface area is 145 Å². The van der Waals surface area contributed by atoms with E-state index in [2.05, 4.69) is 0 Å². The van der Waals surface area contributed by atoms with Gasteiger partial charge in [0.1, 0.15) is 5.56 Å². The lowest BCUT2D eigenvalue weighted by molar-refractivity contribution is 0.0764. The van der Waals surface area contributed by atoms with Crippen LogP contribution in [0.1, 0.15) is 23.7 Å². The van der Waals surface area contributed by atoms with Gasteiger partial charge in [0.05, 0.1) is 12.1 Å². The van der Waals surface area contributed by atoms with E-state index in [4.69, 9.17) is 16.3 Å². The van der Waals surface area contributed by atoms with E-state index in [0.29, 0.717) is 36.0 Å². The second kappa shape index (κ2) is 6.95. The maximum atomic E-state index is 12.8. The van der Waals surface area contributed by atoms with Crippen LogP contribution in [0.15, 0.2) is 29.2 Å². The van der Waals surface area contributed by atoms with Gasteiger partial charge in [0.2, 0.25) is 5.43 Å². The van der Waals surface area contributed by atoms with E-state index in [-0.39, 0.29) is 16.9 Å². The molecule has 2 heterocycles. The first-order chi connectivity index (χ1) is 11.5. The van der Waals surface area contributed by atoms with Gasteiger partial charge in [-0.3, -0.25) is 9.59 Å². The molecule has 2 aromatic rings. The van der Waals surface area contributed by atoms with Crippen molar-refractivity contribution in [2.45, 2.75) is 19.9 Å². The summed E-state index contributed by atoms with van der Waals surface area (Å²) in [5.74, 6) is 0.0817. The average Bonchev–Trinajstić information content (AvgIpc) is 3.08. The fourth-order valence-corrected chi connectivity index (χ4v) is 3.36. The zero-order valence-corrected chi connectivity index (χ0v) is 14.7. The number of hydrogen-bond donors (Lipinski definition) is 0. The SMILES string of the molecule is CCn1cc(C(=O)N(C)C[C@H]2CCOC2)c(=O)c2cc(Cl)ccc21. The molecule has 5 nitrogen and oxygen atoms in total. The number of aryl methyl sites for hydroxylation is 1. The number of hydrogen-bond acceptors (Lipinski definition) is 3. The zero-order chi connectivity index (χ0) is 17.3. The average molecular weight is 349 g/mol. The molecule has 1 atom stereocenters. The lowest BCUT2D eigenvalue weighted by Crippen LogP contribution is -2.35. The van der Waals surface area contributed by atoms with Crippen LogP contribution in [0.2, 0.25) is 5.02 Å². The van der Waals surface area contributed by atoms with Crippen molar-refractivity contribution in [3.63, 3.8) is 0 Å². The molecule has 1 aromatic carbocycles. The van der Waals surface area contributed by atoms with Crippen LogP contribution < -0.4 is 5.43 Å². The van der Waals surface area contributed by atoms with E-state index in [1.807, 2.05) is 17.6 Å². The molecule has 6 heteroatoms. The molecule has 0 unspecified atom stereocenters. The second-order valence-corrected chi connectivity index (χ2v) is 6.67. The Hall–Kier alpha value is -1.85. The number of halogens is 1. The van der Waals surface area contributed by atoms with Crippen molar-refractivity contribution in [1.82, 2.24) is 9.47 Å². The highest BCUT2D eigenvalue weighted by atomic mass is 35.5. The maximum absolute atomic E-state index is 12.8. The Morgan fingerprint density at radius 2 is 2.25 bits per heavy atom. The normalized spacial score (nSPS) is 17.4. The van der Waals surface area contributed by atoms with Crippen LogP contribution in [0.5, 0.6) is 0 Å². The lowest BCUT2D eigenvalue weighted by Gasteiger charge is -2.21. The van der Waals surface area contributed by atoms with Crippen LogP contribution in [0.4, 0.5) is 0 Å². The summed E-state index contributed by atoms with van der Waals surface area (Å²) in [6, 6.07) is 5.20. The first-order valence-electron chi connectivity index (χ1n) is 8.17. The molecule has 3 rings (SSSR count). The summed E-state index contributed by atoms with van der Waals surface area (Å²) in [6.45, 7) is 4.65. The molecule has 1 aliphatic heterocycles.